The number of hydrogen-bond acceptors (Lipinski definition) is 8. The van der Waals surface area contributed by atoms with Crippen molar-refractivity contribution >= 4 is 23.5 Å². The van der Waals surface area contributed by atoms with Gasteiger partial charge in [0.1, 0.15) is 0 Å². The average molecular weight is 392 g/mol. The molecule has 3 aromatic rings. The molecule has 12 heteroatoms. The van der Waals surface area contributed by atoms with Gasteiger partial charge in [0.05, 0.1) is 0 Å². The van der Waals surface area contributed by atoms with Gasteiger partial charge >= 0.3 is 11.4 Å². The molecular formula is C14H12N6O4S2. The van der Waals surface area contributed by atoms with Crippen LogP contribution in [0, 0.1) is 0 Å². The first-order valence-electron chi connectivity index (χ1n) is 7.22. The van der Waals surface area contributed by atoms with Gasteiger partial charge in [-0.2, -0.15) is 10.2 Å². The molecule has 0 atom stereocenters. The summed E-state index contributed by atoms with van der Waals surface area (Å²) >= 11 is 2.42. The van der Waals surface area contributed by atoms with E-state index in [1.54, 1.807) is 0 Å². The maximum atomic E-state index is 11.6. The molecule has 134 valence electrons. The summed E-state index contributed by atoms with van der Waals surface area (Å²) in [4.78, 5) is 49.2. The maximum Gasteiger partial charge on any atom is 0.342 e. The minimum atomic E-state index is -0.642. The van der Waals surface area contributed by atoms with E-state index in [1.807, 2.05) is 24.3 Å². The molecule has 26 heavy (non-hydrogen) atoms. The monoisotopic (exact) mass is 392 g/mol. The molecule has 0 saturated carbocycles. The lowest BCUT2D eigenvalue weighted by Crippen LogP contribution is -2.25. The van der Waals surface area contributed by atoms with Gasteiger partial charge in [-0.05, 0) is 11.1 Å². The Kier molecular flexibility index (Phi) is 5.53. The van der Waals surface area contributed by atoms with Crippen molar-refractivity contribution in [2.45, 2.75) is 21.6 Å². The number of nitrogens with one attached hydrogen (secondary N) is 4. The van der Waals surface area contributed by atoms with Crippen molar-refractivity contribution in [1.29, 1.82) is 0 Å². The Hall–Kier alpha value is -2.86. The van der Waals surface area contributed by atoms with Crippen LogP contribution in [0.5, 0.6) is 0 Å². The second kappa shape index (κ2) is 8.01. The number of rotatable bonds is 6. The molecule has 0 aliphatic carbocycles. The number of benzene rings is 1. The Morgan fingerprint density at radius 2 is 1.08 bits per heavy atom. The van der Waals surface area contributed by atoms with Crippen LogP contribution in [0.1, 0.15) is 11.1 Å². The molecule has 0 amide bonds. The van der Waals surface area contributed by atoms with Gasteiger partial charge in [-0.25, -0.2) is 19.8 Å². The van der Waals surface area contributed by atoms with Gasteiger partial charge in [0, 0.05) is 11.5 Å². The average Bonchev–Trinajstić information content (AvgIpc) is 2.61. The van der Waals surface area contributed by atoms with Crippen LogP contribution in [0.4, 0.5) is 0 Å². The van der Waals surface area contributed by atoms with Crippen LogP contribution in [-0.2, 0) is 11.5 Å². The molecule has 0 radical (unpaired) electrons. The standard InChI is InChI=1S/C14H12N6O4S2/c21-9-11(17-19-13(23)15-9)25-5-7-1-2-8(4-3-7)6-26-12-10(22)16-14(24)20-18-12/h1-4H,5-6H2,(H2,15,19,21,23)(H2,16,20,22,24). The normalized spacial score (nSPS) is 10.8. The first-order valence-corrected chi connectivity index (χ1v) is 9.20. The van der Waals surface area contributed by atoms with E-state index < -0.39 is 22.5 Å². The summed E-state index contributed by atoms with van der Waals surface area (Å²) < 4.78 is 0. The van der Waals surface area contributed by atoms with Crippen LogP contribution in [0.25, 0.3) is 0 Å². The molecule has 0 unspecified atom stereocenters. The van der Waals surface area contributed by atoms with Crippen LogP contribution in [-0.4, -0.2) is 30.4 Å². The van der Waals surface area contributed by atoms with Crippen molar-refractivity contribution in [1.82, 2.24) is 30.4 Å². The first-order chi connectivity index (χ1) is 12.5. The summed E-state index contributed by atoms with van der Waals surface area (Å²) in [7, 11) is 0. The Morgan fingerprint density at radius 3 is 1.42 bits per heavy atom. The molecule has 0 bridgehead atoms. The minimum Gasteiger partial charge on any atom is -0.271 e. The van der Waals surface area contributed by atoms with Gasteiger partial charge in [-0.15, -0.1) is 0 Å². The molecule has 0 fully saturated rings. The maximum absolute atomic E-state index is 11.6. The lowest BCUT2D eigenvalue weighted by atomic mass is 10.2. The van der Waals surface area contributed by atoms with E-state index >= 15 is 0 Å². The van der Waals surface area contributed by atoms with Crippen molar-refractivity contribution in [2.75, 3.05) is 0 Å². The van der Waals surface area contributed by atoms with Crippen molar-refractivity contribution in [3.63, 3.8) is 0 Å². The smallest absolute Gasteiger partial charge is 0.271 e. The number of hydrogen-bond donors (Lipinski definition) is 4. The summed E-state index contributed by atoms with van der Waals surface area (Å²) in [6.07, 6.45) is 0. The molecular weight excluding hydrogens is 380 g/mol. The van der Waals surface area contributed by atoms with Crippen molar-refractivity contribution in [2.24, 2.45) is 0 Å². The van der Waals surface area contributed by atoms with Gasteiger partial charge in [0.2, 0.25) is 0 Å². The number of aromatic nitrogens is 6. The fourth-order valence-corrected chi connectivity index (χ4v) is 3.48. The first kappa shape index (κ1) is 17.9. The Bertz CT molecular complexity index is 1040. The zero-order valence-electron chi connectivity index (χ0n) is 13.1. The van der Waals surface area contributed by atoms with Gasteiger partial charge in [-0.3, -0.25) is 19.6 Å². The third-order valence-electron chi connectivity index (χ3n) is 3.13. The van der Waals surface area contributed by atoms with Crippen LogP contribution >= 0.6 is 23.5 Å². The number of aromatic amines is 4. The van der Waals surface area contributed by atoms with E-state index in [0.717, 1.165) is 11.1 Å². The molecule has 0 aliphatic heterocycles. The lowest BCUT2D eigenvalue weighted by molar-refractivity contribution is 0.806. The SMILES string of the molecule is O=c1[nH]nc(SCc2ccc(CSc3n[nH]c(=O)[nH]c3=O)cc2)c(=O)[nH]1. The number of thioether (sulfide) groups is 2. The zero-order chi connectivity index (χ0) is 18.5. The summed E-state index contributed by atoms with van der Waals surface area (Å²) in [6, 6.07) is 7.58. The van der Waals surface area contributed by atoms with Crippen molar-refractivity contribution in [3.05, 3.63) is 77.1 Å². The highest BCUT2D eigenvalue weighted by molar-refractivity contribution is 7.98. The summed E-state index contributed by atoms with van der Waals surface area (Å²) in [6.45, 7) is 0. The second-order valence-electron chi connectivity index (χ2n) is 5.02. The highest BCUT2D eigenvalue weighted by Gasteiger charge is 2.06. The predicted octanol–water partition coefficient (Wildman–Crippen LogP) is -0.186. The topological polar surface area (TPSA) is 157 Å². The molecule has 2 aromatic heterocycles. The van der Waals surface area contributed by atoms with Gasteiger partial charge in [0.25, 0.3) is 11.1 Å². The van der Waals surface area contributed by atoms with E-state index in [-0.39, 0.29) is 10.1 Å². The fourth-order valence-electron chi connectivity index (χ4n) is 1.90. The van der Waals surface area contributed by atoms with Gasteiger partial charge in [0.15, 0.2) is 10.1 Å². The van der Waals surface area contributed by atoms with E-state index in [2.05, 4.69) is 30.4 Å². The van der Waals surface area contributed by atoms with Crippen molar-refractivity contribution < 1.29 is 0 Å². The lowest BCUT2D eigenvalue weighted by Gasteiger charge is -2.03. The third kappa shape index (κ3) is 4.61. The zero-order valence-corrected chi connectivity index (χ0v) is 14.7. The number of H-pyrrole nitrogens is 4. The van der Waals surface area contributed by atoms with E-state index in [9.17, 15) is 19.2 Å². The fraction of sp³-hybridized carbons (Fsp3) is 0.143. The van der Waals surface area contributed by atoms with Crippen LogP contribution in [0.15, 0.2) is 53.5 Å². The molecule has 4 N–H and O–H groups in total. The Morgan fingerprint density at radius 1 is 0.692 bits per heavy atom. The van der Waals surface area contributed by atoms with Gasteiger partial charge < -0.3 is 0 Å². The highest BCUT2D eigenvalue weighted by Crippen LogP contribution is 2.20. The number of nitrogens with zero attached hydrogens (tertiary/aromatic N) is 2. The molecule has 3 rings (SSSR count). The summed E-state index contributed by atoms with van der Waals surface area (Å²) in [5.74, 6) is 1.02. The van der Waals surface area contributed by atoms with E-state index in [0.29, 0.717) is 11.5 Å². The predicted molar refractivity (Wildman–Crippen MR) is 96.5 cm³/mol. The Balaban J connectivity index is 1.59. The molecule has 1 aromatic carbocycles. The summed E-state index contributed by atoms with van der Waals surface area (Å²) in [5.41, 5.74) is -0.392. The molecule has 10 nitrogen and oxygen atoms in total. The molecule has 0 spiro atoms. The summed E-state index contributed by atoms with van der Waals surface area (Å²) in [5, 5.41) is 12.1. The highest BCUT2D eigenvalue weighted by atomic mass is 32.2. The third-order valence-corrected chi connectivity index (χ3v) is 5.19. The minimum absolute atomic E-state index is 0.188. The molecule has 0 saturated heterocycles. The van der Waals surface area contributed by atoms with E-state index in [4.69, 9.17) is 0 Å². The molecule has 2 heterocycles. The largest absolute Gasteiger partial charge is 0.342 e. The van der Waals surface area contributed by atoms with Crippen LogP contribution < -0.4 is 22.5 Å². The van der Waals surface area contributed by atoms with Gasteiger partial charge in [-0.1, -0.05) is 47.8 Å². The Labute approximate surface area is 152 Å². The van der Waals surface area contributed by atoms with Crippen LogP contribution in [0.3, 0.4) is 0 Å². The van der Waals surface area contributed by atoms with Crippen molar-refractivity contribution in [3.8, 4) is 0 Å². The second-order valence-corrected chi connectivity index (χ2v) is 6.95. The van der Waals surface area contributed by atoms with E-state index in [1.165, 1.54) is 23.5 Å². The molecule has 0 aliphatic rings. The quantitative estimate of drug-likeness (QED) is 0.421. The van der Waals surface area contributed by atoms with Crippen LogP contribution in [0.2, 0.25) is 0 Å².